The number of nitrogens with one attached hydrogen (secondary N) is 2. The van der Waals surface area contributed by atoms with Gasteiger partial charge in [-0.1, -0.05) is 28.8 Å². The Morgan fingerprint density at radius 2 is 2.00 bits per heavy atom. The lowest BCUT2D eigenvalue weighted by Gasteiger charge is -2.27. The number of aliphatic hydroxyl groups is 1. The molecule has 2 aromatic heterocycles. The third-order valence-electron chi connectivity index (χ3n) is 4.22. The molecular formula is C18H19N6O4S+. The molecule has 2 heterocycles. The number of H-pyrrole nitrogens is 1. The second kappa shape index (κ2) is 7.64. The molecule has 0 spiro atoms. The van der Waals surface area contributed by atoms with Crippen molar-refractivity contribution >= 4 is 33.3 Å². The van der Waals surface area contributed by atoms with E-state index in [1.54, 1.807) is 36.4 Å². The number of aromatic nitrogens is 5. The molecule has 0 aliphatic heterocycles. The maximum Gasteiger partial charge on any atom is 0.333 e. The average Bonchev–Trinajstić information content (AvgIpc) is 3.04. The van der Waals surface area contributed by atoms with Crippen molar-refractivity contribution in [2.45, 2.75) is 4.90 Å². The summed E-state index contributed by atoms with van der Waals surface area (Å²) >= 11 is 0. The monoisotopic (exact) mass is 415 g/mol. The molecule has 4 rings (SSSR count). The van der Waals surface area contributed by atoms with Crippen LogP contribution in [0.25, 0.3) is 17.0 Å². The van der Waals surface area contributed by atoms with E-state index >= 15 is 0 Å². The van der Waals surface area contributed by atoms with Gasteiger partial charge in [0.2, 0.25) is 11.9 Å². The summed E-state index contributed by atoms with van der Waals surface area (Å²) in [4.78, 5) is 28.0. The number of imidazole rings is 1. The zero-order valence-corrected chi connectivity index (χ0v) is 15.9. The van der Waals surface area contributed by atoms with E-state index in [4.69, 9.17) is 9.66 Å². The third-order valence-corrected chi connectivity index (χ3v) is 6.02. The zero-order chi connectivity index (χ0) is 20.4. The van der Waals surface area contributed by atoms with Crippen LogP contribution in [0.4, 0.5) is 11.6 Å². The van der Waals surface area contributed by atoms with Crippen molar-refractivity contribution in [3.05, 3.63) is 65.3 Å². The molecule has 11 heteroatoms. The van der Waals surface area contributed by atoms with Crippen molar-refractivity contribution in [1.29, 1.82) is 0 Å². The highest BCUT2D eigenvalue weighted by molar-refractivity contribution is 8.24. The number of nitrogens with zero attached hydrogens (tertiary/aromatic N) is 4. The minimum atomic E-state index is -2.84. The number of para-hydroxylation sites is 2. The van der Waals surface area contributed by atoms with Gasteiger partial charge in [-0.25, -0.2) is 19.3 Å². The number of aliphatic hydroxyl groups excluding tert-OH is 1. The van der Waals surface area contributed by atoms with Crippen LogP contribution >= 0.6 is 10.6 Å². The van der Waals surface area contributed by atoms with Gasteiger partial charge in [0.25, 0.3) is 0 Å². The first kappa shape index (κ1) is 19.1. The lowest BCUT2D eigenvalue weighted by atomic mass is 10.3. The van der Waals surface area contributed by atoms with Gasteiger partial charge in [-0.2, -0.15) is 4.98 Å². The summed E-state index contributed by atoms with van der Waals surface area (Å²) in [5.41, 5.74) is 1.50. The molecular weight excluding hydrogens is 396 g/mol. The van der Waals surface area contributed by atoms with Crippen LogP contribution in [0.3, 0.4) is 0 Å². The largest absolute Gasteiger partial charge is 0.395 e. The fraction of sp³-hybridized carbons (Fsp3) is 0.111. The fourth-order valence-electron chi connectivity index (χ4n) is 2.87. The Labute approximate surface area is 166 Å². The van der Waals surface area contributed by atoms with E-state index in [0.29, 0.717) is 21.6 Å². The molecule has 0 bridgehead atoms. The lowest BCUT2D eigenvalue weighted by molar-refractivity contribution is 0.314. The Bertz CT molecular complexity index is 1220. The molecule has 0 fully saturated rings. The Morgan fingerprint density at radius 3 is 2.83 bits per heavy atom. The molecule has 0 amide bonds. The minimum absolute atomic E-state index is 0.0319. The van der Waals surface area contributed by atoms with Gasteiger partial charge in [0, 0.05) is 5.69 Å². The van der Waals surface area contributed by atoms with E-state index in [2.05, 4.69) is 25.3 Å². The molecule has 0 radical (unpaired) electrons. The Balaban J connectivity index is 1.67. The topological polar surface area (TPSA) is 152 Å². The zero-order valence-electron chi connectivity index (χ0n) is 15.1. The minimum Gasteiger partial charge on any atom is -0.395 e. The SMILES string of the molecule is O=c1[nH]c2ccccc2n1-c1ncnc(Nc2cccc(S(O)([OH2+])CCO)c2)n1. The summed E-state index contributed by atoms with van der Waals surface area (Å²) in [5.74, 6) is 0.328. The second-order valence-corrected chi connectivity index (χ2v) is 8.46. The maximum absolute atomic E-state index is 12.3. The van der Waals surface area contributed by atoms with E-state index in [1.165, 1.54) is 10.9 Å². The van der Waals surface area contributed by atoms with Crippen molar-refractivity contribution in [2.24, 2.45) is 0 Å². The second-order valence-electron chi connectivity index (χ2n) is 6.17. The molecule has 4 aromatic rings. The molecule has 1 atom stereocenters. The van der Waals surface area contributed by atoms with E-state index in [1.807, 2.05) is 12.1 Å². The van der Waals surface area contributed by atoms with E-state index in [0.717, 1.165) is 0 Å². The molecule has 6 N–H and O–H groups in total. The van der Waals surface area contributed by atoms with Gasteiger partial charge in [0.15, 0.2) is 0 Å². The van der Waals surface area contributed by atoms with Crippen molar-refractivity contribution in [2.75, 3.05) is 17.7 Å². The first-order chi connectivity index (χ1) is 14.0. The summed E-state index contributed by atoms with van der Waals surface area (Å²) < 4.78 is 19.7. The van der Waals surface area contributed by atoms with Crippen molar-refractivity contribution in [1.82, 2.24) is 24.5 Å². The molecule has 29 heavy (non-hydrogen) atoms. The summed E-state index contributed by atoms with van der Waals surface area (Å²) in [6.07, 6.45) is 1.29. The summed E-state index contributed by atoms with van der Waals surface area (Å²) in [7, 11) is -2.84. The van der Waals surface area contributed by atoms with Gasteiger partial charge < -0.3 is 20.0 Å². The number of hydrogen-bond acceptors (Lipinski definition) is 7. The van der Waals surface area contributed by atoms with Crippen molar-refractivity contribution in [3.63, 3.8) is 0 Å². The van der Waals surface area contributed by atoms with Crippen LogP contribution in [0, 0.1) is 0 Å². The number of aromatic amines is 1. The van der Waals surface area contributed by atoms with E-state index < -0.39 is 10.6 Å². The number of hydrogen-bond donors (Lipinski definition) is 4. The predicted molar refractivity (Wildman–Crippen MR) is 111 cm³/mol. The van der Waals surface area contributed by atoms with Crippen LogP contribution in [0.1, 0.15) is 0 Å². The average molecular weight is 415 g/mol. The first-order valence-electron chi connectivity index (χ1n) is 8.63. The van der Waals surface area contributed by atoms with Crippen LogP contribution in [0.15, 0.2) is 64.5 Å². The number of fused-ring (bicyclic) bond motifs is 1. The van der Waals surface area contributed by atoms with Crippen LogP contribution in [-0.4, -0.2) is 51.1 Å². The van der Waals surface area contributed by atoms with Gasteiger partial charge in [-0.15, -0.1) is 0 Å². The third kappa shape index (κ3) is 3.84. The molecule has 150 valence electrons. The van der Waals surface area contributed by atoms with Crippen LogP contribution in [0.5, 0.6) is 0 Å². The number of benzene rings is 2. The van der Waals surface area contributed by atoms with Gasteiger partial charge in [0.1, 0.15) is 17.0 Å². The van der Waals surface area contributed by atoms with Gasteiger partial charge in [-0.3, -0.25) is 4.55 Å². The smallest absolute Gasteiger partial charge is 0.333 e. The van der Waals surface area contributed by atoms with Gasteiger partial charge >= 0.3 is 5.69 Å². The molecule has 0 saturated heterocycles. The highest BCUT2D eigenvalue weighted by atomic mass is 32.3. The Hall–Kier alpha value is -3.25. The van der Waals surface area contributed by atoms with E-state index in [9.17, 15) is 9.35 Å². The van der Waals surface area contributed by atoms with Gasteiger partial charge in [-0.05, 0) is 30.3 Å². The quantitative estimate of drug-likeness (QED) is 0.348. The number of anilines is 2. The standard InChI is InChI=1S/C18H18N6O4S/c25-8-9-29(27,28)13-5-3-4-12(10-13)21-16-19-11-20-17(23-16)24-15-7-2-1-6-14(15)22-18(24)26/h1-7,10-11,25,27-28H,8-9H2,(H,22,26)(H,19,20,21,23)/p+1. The highest BCUT2D eigenvalue weighted by Gasteiger charge is 2.19. The lowest BCUT2D eigenvalue weighted by Crippen LogP contribution is -2.18. The molecule has 0 aliphatic carbocycles. The van der Waals surface area contributed by atoms with Crippen LogP contribution in [0.2, 0.25) is 0 Å². The van der Waals surface area contributed by atoms with E-state index in [-0.39, 0.29) is 29.9 Å². The molecule has 10 nitrogen and oxygen atoms in total. The molecule has 2 aromatic carbocycles. The summed E-state index contributed by atoms with van der Waals surface area (Å²) in [6, 6.07) is 13.9. The molecule has 0 saturated carbocycles. The normalized spacial score (nSPS) is 14.4. The number of rotatable bonds is 6. The predicted octanol–water partition coefficient (Wildman–Crippen LogP) is 1.52. The summed E-state index contributed by atoms with van der Waals surface area (Å²) in [6.45, 7) is -0.275. The first-order valence-corrected chi connectivity index (χ1v) is 10.4. The Kier molecular flexibility index (Phi) is 5.03. The fourth-order valence-corrected chi connectivity index (χ4v) is 4.00. The molecule has 0 aliphatic rings. The highest BCUT2D eigenvalue weighted by Crippen LogP contribution is 2.48. The Morgan fingerprint density at radius 1 is 1.17 bits per heavy atom. The van der Waals surface area contributed by atoms with Crippen LogP contribution < -0.4 is 11.0 Å². The van der Waals surface area contributed by atoms with Crippen LogP contribution in [-0.2, 0) is 0 Å². The molecule has 1 unspecified atom stereocenters. The van der Waals surface area contributed by atoms with Crippen molar-refractivity contribution in [3.8, 4) is 5.95 Å². The van der Waals surface area contributed by atoms with Crippen molar-refractivity contribution < 1.29 is 14.2 Å². The maximum atomic E-state index is 12.3. The summed E-state index contributed by atoms with van der Waals surface area (Å²) in [5, 5.41) is 12.1. The van der Waals surface area contributed by atoms with Gasteiger partial charge in [0.05, 0.1) is 17.6 Å².